The van der Waals surface area contributed by atoms with Crippen LogP contribution in [-0.4, -0.2) is 5.11 Å². The average molecular weight is 211 g/mol. The maximum absolute atomic E-state index is 9.89. The van der Waals surface area contributed by atoms with Crippen LogP contribution in [0.3, 0.4) is 0 Å². The summed E-state index contributed by atoms with van der Waals surface area (Å²) in [5.74, 6) is 0.868. The van der Waals surface area contributed by atoms with Crippen LogP contribution in [0.4, 0.5) is 0 Å². The number of rotatable bonds is 4. The van der Waals surface area contributed by atoms with Crippen molar-refractivity contribution in [2.45, 2.75) is 31.8 Å². The molecule has 0 aromatic heterocycles. The minimum absolute atomic E-state index is 0.385. The fourth-order valence-corrected chi connectivity index (χ4v) is 1.96. The summed E-state index contributed by atoms with van der Waals surface area (Å²) in [5, 5.41) is 10.6. The molecule has 0 bridgehead atoms. The molecule has 1 N–H and O–H groups in total. The van der Waals surface area contributed by atoms with Crippen molar-refractivity contribution in [2.75, 3.05) is 0 Å². The van der Waals surface area contributed by atoms with Gasteiger partial charge in [0.2, 0.25) is 0 Å². The van der Waals surface area contributed by atoms with Crippen LogP contribution >= 0.6 is 11.6 Å². The van der Waals surface area contributed by atoms with Crippen molar-refractivity contribution < 1.29 is 5.11 Å². The molecular formula is C12H15ClO. The van der Waals surface area contributed by atoms with Gasteiger partial charge < -0.3 is 5.11 Å². The van der Waals surface area contributed by atoms with Crippen molar-refractivity contribution in [3.05, 3.63) is 34.9 Å². The topological polar surface area (TPSA) is 20.2 Å². The van der Waals surface area contributed by atoms with E-state index in [9.17, 15) is 5.11 Å². The van der Waals surface area contributed by atoms with E-state index in [0.29, 0.717) is 5.02 Å². The molecule has 1 aromatic carbocycles. The van der Waals surface area contributed by atoms with Gasteiger partial charge in [0.05, 0.1) is 6.10 Å². The Morgan fingerprint density at radius 2 is 2.07 bits per heavy atom. The van der Waals surface area contributed by atoms with Gasteiger partial charge in [-0.15, -0.1) is 0 Å². The van der Waals surface area contributed by atoms with Gasteiger partial charge in [-0.2, -0.15) is 0 Å². The van der Waals surface area contributed by atoms with E-state index in [4.69, 9.17) is 11.6 Å². The Labute approximate surface area is 89.7 Å². The first-order chi connectivity index (χ1) is 6.77. The highest BCUT2D eigenvalue weighted by molar-refractivity contribution is 6.31. The van der Waals surface area contributed by atoms with E-state index < -0.39 is 0 Å². The number of hydrogen-bond donors (Lipinski definition) is 1. The third-order valence-electron chi connectivity index (χ3n) is 2.81. The largest absolute Gasteiger partial charge is 0.388 e. The molecule has 76 valence electrons. The molecule has 1 atom stereocenters. The number of halogens is 1. The van der Waals surface area contributed by atoms with E-state index in [1.165, 1.54) is 12.8 Å². The molecule has 1 aromatic rings. The summed E-state index contributed by atoms with van der Waals surface area (Å²) in [5.41, 5.74) is 0.870. The quantitative estimate of drug-likeness (QED) is 0.806. The van der Waals surface area contributed by atoms with Gasteiger partial charge in [-0.05, 0) is 30.4 Å². The second-order valence-electron chi connectivity index (χ2n) is 4.06. The van der Waals surface area contributed by atoms with Crippen LogP contribution in [-0.2, 0) is 0 Å². The van der Waals surface area contributed by atoms with Crippen molar-refractivity contribution >= 4 is 11.6 Å². The Bertz CT molecular complexity index is 307. The van der Waals surface area contributed by atoms with Crippen LogP contribution in [0.15, 0.2) is 24.3 Å². The molecule has 0 aliphatic heterocycles. The van der Waals surface area contributed by atoms with Gasteiger partial charge in [0.25, 0.3) is 0 Å². The molecule has 0 amide bonds. The van der Waals surface area contributed by atoms with Gasteiger partial charge in [-0.1, -0.05) is 42.6 Å². The van der Waals surface area contributed by atoms with Crippen LogP contribution < -0.4 is 0 Å². The van der Waals surface area contributed by atoms with Crippen molar-refractivity contribution in [1.29, 1.82) is 0 Å². The van der Waals surface area contributed by atoms with Gasteiger partial charge >= 0.3 is 0 Å². The fourth-order valence-electron chi connectivity index (χ4n) is 1.70. The molecule has 1 nitrogen and oxygen atoms in total. The summed E-state index contributed by atoms with van der Waals surface area (Å²) >= 11 is 5.99. The standard InChI is InChI=1S/C12H15ClO/c13-11-4-2-1-3-10(11)12(14)8-7-9-5-6-9/h1-4,9,12,14H,5-8H2. The molecule has 14 heavy (non-hydrogen) atoms. The predicted octanol–water partition coefficient (Wildman–Crippen LogP) is 3.56. The Morgan fingerprint density at radius 3 is 2.71 bits per heavy atom. The maximum Gasteiger partial charge on any atom is 0.0804 e. The zero-order chi connectivity index (χ0) is 9.97. The predicted molar refractivity (Wildman–Crippen MR) is 58.4 cm³/mol. The van der Waals surface area contributed by atoms with E-state index >= 15 is 0 Å². The highest BCUT2D eigenvalue weighted by Gasteiger charge is 2.22. The van der Waals surface area contributed by atoms with Crippen molar-refractivity contribution in [3.63, 3.8) is 0 Å². The minimum Gasteiger partial charge on any atom is -0.388 e. The number of aliphatic hydroxyl groups excluding tert-OH is 1. The molecular weight excluding hydrogens is 196 g/mol. The van der Waals surface area contributed by atoms with Gasteiger partial charge in [0.15, 0.2) is 0 Å². The average Bonchev–Trinajstić information content (AvgIpc) is 2.98. The van der Waals surface area contributed by atoms with E-state index in [1.807, 2.05) is 24.3 Å². The summed E-state index contributed by atoms with van der Waals surface area (Å²) < 4.78 is 0. The lowest BCUT2D eigenvalue weighted by Crippen LogP contribution is -1.98. The molecule has 0 heterocycles. The number of aliphatic hydroxyl groups is 1. The maximum atomic E-state index is 9.89. The van der Waals surface area contributed by atoms with Crippen LogP contribution in [0.1, 0.15) is 37.4 Å². The molecule has 0 radical (unpaired) electrons. The third-order valence-corrected chi connectivity index (χ3v) is 3.15. The Morgan fingerprint density at radius 1 is 1.36 bits per heavy atom. The monoisotopic (exact) mass is 210 g/mol. The lowest BCUT2D eigenvalue weighted by molar-refractivity contribution is 0.162. The van der Waals surface area contributed by atoms with E-state index in [1.54, 1.807) is 0 Å². The highest BCUT2D eigenvalue weighted by Crippen LogP contribution is 2.36. The Hall–Kier alpha value is -0.530. The molecule has 0 spiro atoms. The second-order valence-corrected chi connectivity index (χ2v) is 4.47. The minimum atomic E-state index is -0.385. The highest BCUT2D eigenvalue weighted by atomic mass is 35.5. The SMILES string of the molecule is OC(CCC1CC1)c1ccccc1Cl. The third kappa shape index (κ3) is 2.49. The van der Waals surface area contributed by atoms with Crippen molar-refractivity contribution in [1.82, 2.24) is 0 Å². The van der Waals surface area contributed by atoms with Crippen LogP contribution in [0.5, 0.6) is 0 Å². The molecule has 2 rings (SSSR count). The van der Waals surface area contributed by atoms with E-state index in [-0.39, 0.29) is 6.10 Å². The lowest BCUT2D eigenvalue weighted by atomic mass is 10.0. The molecule has 1 aliphatic rings. The van der Waals surface area contributed by atoms with Gasteiger partial charge in [-0.3, -0.25) is 0 Å². The normalized spacial score (nSPS) is 18.1. The molecule has 1 saturated carbocycles. The smallest absolute Gasteiger partial charge is 0.0804 e. The van der Waals surface area contributed by atoms with Crippen LogP contribution in [0.2, 0.25) is 5.02 Å². The van der Waals surface area contributed by atoms with Crippen LogP contribution in [0, 0.1) is 5.92 Å². The molecule has 1 fully saturated rings. The zero-order valence-corrected chi connectivity index (χ0v) is 8.87. The van der Waals surface area contributed by atoms with E-state index in [2.05, 4.69) is 0 Å². The van der Waals surface area contributed by atoms with Gasteiger partial charge in [0.1, 0.15) is 0 Å². The molecule has 2 heteroatoms. The summed E-state index contributed by atoms with van der Waals surface area (Å²) in [6.45, 7) is 0. The molecule has 1 unspecified atom stereocenters. The second kappa shape index (κ2) is 4.33. The van der Waals surface area contributed by atoms with Crippen molar-refractivity contribution in [2.24, 2.45) is 5.92 Å². The molecule has 0 saturated heterocycles. The van der Waals surface area contributed by atoms with E-state index in [0.717, 1.165) is 24.3 Å². The fraction of sp³-hybridized carbons (Fsp3) is 0.500. The van der Waals surface area contributed by atoms with Crippen molar-refractivity contribution in [3.8, 4) is 0 Å². The number of hydrogen-bond acceptors (Lipinski definition) is 1. The van der Waals surface area contributed by atoms with Gasteiger partial charge in [-0.25, -0.2) is 0 Å². The van der Waals surface area contributed by atoms with Gasteiger partial charge in [0, 0.05) is 5.02 Å². The zero-order valence-electron chi connectivity index (χ0n) is 8.12. The number of benzene rings is 1. The first kappa shape index (κ1) is 10.0. The first-order valence-electron chi connectivity index (χ1n) is 5.20. The summed E-state index contributed by atoms with van der Waals surface area (Å²) in [4.78, 5) is 0. The Balaban J connectivity index is 1.95. The molecule has 1 aliphatic carbocycles. The summed E-state index contributed by atoms with van der Waals surface area (Å²) in [6, 6.07) is 7.54. The Kier molecular flexibility index (Phi) is 3.09. The van der Waals surface area contributed by atoms with Crippen LogP contribution in [0.25, 0.3) is 0 Å². The lowest BCUT2D eigenvalue weighted by Gasteiger charge is -2.11. The summed E-state index contributed by atoms with van der Waals surface area (Å²) in [7, 11) is 0. The first-order valence-corrected chi connectivity index (χ1v) is 5.57. The summed E-state index contributed by atoms with van der Waals surface area (Å²) in [6.07, 6.45) is 4.27.